The van der Waals surface area contributed by atoms with Gasteiger partial charge in [0.05, 0.1) is 13.7 Å². The minimum absolute atomic E-state index is 0.629. The Morgan fingerprint density at radius 1 is 1.00 bits per heavy atom. The van der Waals surface area contributed by atoms with E-state index in [4.69, 9.17) is 9.47 Å². The van der Waals surface area contributed by atoms with Crippen molar-refractivity contribution in [3.05, 3.63) is 54.1 Å². The van der Waals surface area contributed by atoms with E-state index in [9.17, 15) is 0 Å². The smallest absolute Gasteiger partial charge is 0.163 e. The van der Waals surface area contributed by atoms with Crippen molar-refractivity contribution in [1.82, 2.24) is 0 Å². The largest absolute Gasteiger partial charge is 0.493 e. The third kappa shape index (κ3) is 3.92. The Kier molecular flexibility index (Phi) is 5.30. The molecule has 0 heterocycles. The maximum absolute atomic E-state index is 5.57. The molecule has 3 nitrogen and oxygen atoms in total. The number of benzene rings is 2. The maximum Gasteiger partial charge on any atom is 0.163 e. The lowest BCUT2D eigenvalue weighted by atomic mass is 10.1. The summed E-state index contributed by atoms with van der Waals surface area (Å²) < 4.78 is 10.8. The van der Waals surface area contributed by atoms with Crippen LogP contribution in [0.4, 0.5) is 5.69 Å². The lowest BCUT2D eigenvalue weighted by molar-refractivity contribution is 0.311. The van der Waals surface area contributed by atoms with Gasteiger partial charge < -0.3 is 14.8 Å². The molecule has 0 saturated carbocycles. The summed E-state index contributed by atoms with van der Waals surface area (Å²) in [5, 5.41) is 3.41. The van der Waals surface area contributed by atoms with Gasteiger partial charge in [0.15, 0.2) is 11.5 Å². The molecule has 0 unspecified atom stereocenters. The zero-order valence-corrected chi connectivity index (χ0v) is 12.1. The number of nitrogens with one attached hydrogen (secondary N) is 1. The summed E-state index contributed by atoms with van der Waals surface area (Å²) in [5.41, 5.74) is 2.38. The van der Waals surface area contributed by atoms with Crippen LogP contribution in [-0.2, 0) is 6.42 Å². The zero-order chi connectivity index (χ0) is 14.2. The van der Waals surface area contributed by atoms with Gasteiger partial charge in [-0.05, 0) is 31.0 Å². The fourth-order valence-electron chi connectivity index (χ4n) is 2.05. The van der Waals surface area contributed by atoms with Gasteiger partial charge in [-0.3, -0.25) is 0 Å². The van der Waals surface area contributed by atoms with Gasteiger partial charge in [0.2, 0.25) is 0 Å². The van der Waals surface area contributed by atoms with Crippen molar-refractivity contribution in [3.63, 3.8) is 0 Å². The van der Waals surface area contributed by atoms with Crippen LogP contribution < -0.4 is 14.8 Å². The summed E-state index contributed by atoms with van der Waals surface area (Å²) in [6.45, 7) is 3.49. The van der Waals surface area contributed by atoms with E-state index >= 15 is 0 Å². The normalized spacial score (nSPS) is 10.1. The second-order valence-corrected chi connectivity index (χ2v) is 4.46. The molecule has 1 N–H and O–H groups in total. The monoisotopic (exact) mass is 271 g/mol. The third-order valence-electron chi connectivity index (χ3n) is 3.05. The Labute approximate surface area is 120 Å². The van der Waals surface area contributed by atoms with Crippen LogP contribution >= 0.6 is 0 Å². The lowest BCUT2D eigenvalue weighted by Gasteiger charge is -2.12. The molecular formula is C17H21NO2. The van der Waals surface area contributed by atoms with Crippen molar-refractivity contribution in [1.29, 1.82) is 0 Å². The molecule has 0 aliphatic rings. The molecule has 2 aromatic rings. The Hall–Kier alpha value is -2.16. The van der Waals surface area contributed by atoms with Gasteiger partial charge in [0.1, 0.15) is 0 Å². The number of methoxy groups -OCH3 is 1. The predicted octanol–water partition coefficient (Wildman–Crippen LogP) is 3.75. The van der Waals surface area contributed by atoms with Gasteiger partial charge in [-0.2, -0.15) is 0 Å². The van der Waals surface area contributed by atoms with E-state index < -0.39 is 0 Å². The Bertz CT molecular complexity index is 526. The van der Waals surface area contributed by atoms with E-state index in [2.05, 4.69) is 29.6 Å². The molecule has 20 heavy (non-hydrogen) atoms. The number of hydrogen-bond acceptors (Lipinski definition) is 3. The van der Waals surface area contributed by atoms with Crippen LogP contribution in [0.1, 0.15) is 12.5 Å². The lowest BCUT2D eigenvalue weighted by Crippen LogP contribution is -2.05. The van der Waals surface area contributed by atoms with Gasteiger partial charge in [-0.1, -0.05) is 30.3 Å². The highest BCUT2D eigenvalue weighted by Crippen LogP contribution is 2.30. The molecule has 106 valence electrons. The van der Waals surface area contributed by atoms with Crippen LogP contribution in [0, 0.1) is 0 Å². The van der Waals surface area contributed by atoms with Crippen LogP contribution in [0.25, 0.3) is 0 Å². The van der Waals surface area contributed by atoms with E-state index in [1.54, 1.807) is 7.11 Å². The molecule has 0 fully saturated rings. The van der Waals surface area contributed by atoms with Crippen LogP contribution in [0.3, 0.4) is 0 Å². The number of rotatable bonds is 7. The third-order valence-corrected chi connectivity index (χ3v) is 3.05. The minimum atomic E-state index is 0.629. The number of ether oxygens (including phenoxy) is 2. The summed E-state index contributed by atoms with van der Waals surface area (Å²) in [5.74, 6) is 1.54. The van der Waals surface area contributed by atoms with E-state index in [0.29, 0.717) is 6.61 Å². The van der Waals surface area contributed by atoms with Crippen LogP contribution in [0.15, 0.2) is 48.5 Å². The van der Waals surface area contributed by atoms with Crippen LogP contribution in [-0.4, -0.2) is 20.3 Å². The van der Waals surface area contributed by atoms with Gasteiger partial charge in [-0.25, -0.2) is 0 Å². The summed E-state index contributed by atoms with van der Waals surface area (Å²) in [6, 6.07) is 16.4. The molecule has 0 atom stereocenters. The first kappa shape index (κ1) is 14.3. The summed E-state index contributed by atoms with van der Waals surface area (Å²) in [4.78, 5) is 0. The molecule has 3 heteroatoms. The average molecular weight is 271 g/mol. The second kappa shape index (κ2) is 7.43. The fourth-order valence-corrected chi connectivity index (χ4v) is 2.05. The van der Waals surface area contributed by atoms with E-state index in [1.165, 1.54) is 5.56 Å². The standard InChI is InChI=1S/C17H21NO2/c1-3-20-17-13-15(9-10-16(17)19-2)18-12-11-14-7-5-4-6-8-14/h4-10,13,18H,3,11-12H2,1-2H3. The van der Waals surface area contributed by atoms with E-state index in [1.807, 2.05) is 31.2 Å². The SMILES string of the molecule is CCOc1cc(NCCc2ccccc2)ccc1OC. The van der Waals surface area contributed by atoms with Crippen molar-refractivity contribution in [3.8, 4) is 11.5 Å². The fraction of sp³-hybridized carbons (Fsp3) is 0.294. The molecule has 2 rings (SSSR count). The summed E-state index contributed by atoms with van der Waals surface area (Å²) >= 11 is 0. The first-order valence-electron chi connectivity index (χ1n) is 6.92. The van der Waals surface area contributed by atoms with Gasteiger partial charge in [0, 0.05) is 18.3 Å². The second-order valence-electron chi connectivity index (χ2n) is 4.46. The molecule has 0 amide bonds. The van der Waals surface area contributed by atoms with Crippen molar-refractivity contribution in [2.75, 3.05) is 25.6 Å². The topological polar surface area (TPSA) is 30.5 Å². The van der Waals surface area contributed by atoms with Crippen molar-refractivity contribution < 1.29 is 9.47 Å². The molecule has 0 bridgehead atoms. The molecule has 0 aliphatic carbocycles. The van der Waals surface area contributed by atoms with Crippen molar-refractivity contribution in [2.24, 2.45) is 0 Å². The highest BCUT2D eigenvalue weighted by molar-refractivity contribution is 5.54. The van der Waals surface area contributed by atoms with Crippen molar-refractivity contribution in [2.45, 2.75) is 13.3 Å². The first-order chi connectivity index (χ1) is 9.83. The van der Waals surface area contributed by atoms with Gasteiger partial charge in [0.25, 0.3) is 0 Å². The zero-order valence-electron chi connectivity index (χ0n) is 12.1. The molecule has 0 saturated heterocycles. The maximum atomic E-state index is 5.57. The van der Waals surface area contributed by atoms with Crippen molar-refractivity contribution >= 4 is 5.69 Å². The Morgan fingerprint density at radius 3 is 2.50 bits per heavy atom. The number of anilines is 1. The van der Waals surface area contributed by atoms with E-state index in [0.717, 1.165) is 30.2 Å². The van der Waals surface area contributed by atoms with Crippen LogP contribution in [0.2, 0.25) is 0 Å². The van der Waals surface area contributed by atoms with Crippen LogP contribution in [0.5, 0.6) is 11.5 Å². The van der Waals surface area contributed by atoms with Gasteiger partial charge >= 0.3 is 0 Å². The predicted molar refractivity (Wildman–Crippen MR) is 82.8 cm³/mol. The molecule has 2 aromatic carbocycles. The molecular weight excluding hydrogens is 250 g/mol. The summed E-state index contributed by atoms with van der Waals surface area (Å²) in [7, 11) is 1.65. The molecule has 0 aliphatic heterocycles. The minimum Gasteiger partial charge on any atom is -0.493 e. The Morgan fingerprint density at radius 2 is 1.80 bits per heavy atom. The quantitative estimate of drug-likeness (QED) is 0.832. The summed E-state index contributed by atoms with van der Waals surface area (Å²) in [6.07, 6.45) is 0.997. The number of hydrogen-bond donors (Lipinski definition) is 1. The van der Waals surface area contributed by atoms with E-state index in [-0.39, 0.29) is 0 Å². The average Bonchev–Trinajstić information content (AvgIpc) is 2.49. The first-order valence-corrected chi connectivity index (χ1v) is 6.92. The molecule has 0 aromatic heterocycles. The van der Waals surface area contributed by atoms with Gasteiger partial charge in [-0.15, -0.1) is 0 Å². The Balaban J connectivity index is 1.94. The molecule has 0 spiro atoms. The highest BCUT2D eigenvalue weighted by atomic mass is 16.5. The highest BCUT2D eigenvalue weighted by Gasteiger charge is 2.04. The molecule has 0 radical (unpaired) electrons.